The normalized spacial score (nSPS) is 23.7. The average Bonchev–Trinajstić information content (AvgIpc) is 2.83. The fourth-order valence-electron chi connectivity index (χ4n) is 2.88. The van der Waals surface area contributed by atoms with Crippen molar-refractivity contribution in [3.8, 4) is 0 Å². The van der Waals surface area contributed by atoms with E-state index in [1.807, 2.05) is 29.6 Å². The Morgan fingerprint density at radius 1 is 1.37 bits per heavy atom. The van der Waals surface area contributed by atoms with Crippen molar-refractivity contribution in [1.29, 1.82) is 0 Å². The predicted molar refractivity (Wildman–Crippen MR) is 74.2 cm³/mol. The number of pyridine rings is 1. The van der Waals surface area contributed by atoms with Crippen LogP contribution in [0, 0.1) is 12.8 Å². The van der Waals surface area contributed by atoms with Crippen molar-refractivity contribution in [2.45, 2.75) is 38.6 Å². The van der Waals surface area contributed by atoms with Crippen molar-refractivity contribution in [3.63, 3.8) is 0 Å². The van der Waals surface area contributed by atoms with Gasteiger partial charge in [-0.25, -0.2) is 4.52 Å². The lowest BCUT2D eigenvalue weighted by atomic mass is 9.85. The quantitative estimate of drug-likeness (QED) is 0.886. The number of nitrogens with one attached hydrogen (secondary N) is 1. The van der Waals surface area contributed by atoms with E-state index >= 15 is 0 Å². The van der Waals surface area contributed by atoms with Gasteiger partial charge in [-0.15, -0.1) is 5.10 Å². The monoisotopic (exact) mass is 260 g/mol. The number of aliphatic hydroxyl groups excluding tert-OH is 1. The molecule has 1 aliphatic rings. The van der Waals surface area contributed by atoms with Gasteiger partial charge in [0, 0.05) is 24.3 Å². The summed E-state index contributed by atoms with van der Waals surface area (Å²) in [5, 5.41) is 17.3. The second-order valence-electron chi connectivity index (χ2n) is 5.35. The molecule has 0 saturated heterocycles. The van der Waals surface area contributed by atoms with Crippen molar-refractivity contribution in [3.05, 3.63) is 23.9 Å². The number of aryl methyl sites for hydroxylation is 1. The van der Waals surface area contributed by atoms with Gasteiger partial charge in [-0.3, -0.25) is 0 Å². The minimum atomic E-state index is 0.240. The molecular formula is C14H20N4O. The summed E-state index contributed by atoms with van der Waals surface area (Å²) in [6.07, 6.45) is 4.59. The maximum absolute atomic E-state index is 9.44. The first kappa shape index (κ1) is 12.4. The summed E-state index contributed by atoms with van der Waals surface area (Å²) in [4.78, 5) is 4.50. The Hall–Kier alpha value is -1.62. The van der Waals surface area contributed by atoms with Crippen molar-refractivity contribution < 1.29 is 5.11 Å². The summed E-state index contributed by atoms with van der Waals surface area (Å²) >= 11 is 0. The molecule has 0 aromatic carbocycles. The Morgan fingerprint density at radius 2 is 2.21 bits per heavy atom. The highest BCUT2D eigenvalue weighted by Gasteiger charge is 2.25. The standard InChI is InChI=1S/C14H20N4O/c1-10-5-4-8-13-16-14(17-18(10)13)15-12-7-3-2-6-11(12)9-19/h4-5,8,11-12,19H,2-3,6-7,9H2,1H3,(H,15,17). The Morgan fingerprint density at radius 3 is 3.00 bits per heavy atom. The van der Waals surface area contributed by atoms with Crippen molar-refractivity contribution >= 4 is 11.6 Å². The van der Waals surface area contributed by atoms with Crippen LogP contribution in [0.1, 0.15) is 31.4 Å². The molecule has 2 aromatic heterocycles. The third-order valence-electron chi connectivity index (χ3n) is 4.01. The van der Waals surface area contributed by atoms with Gasteiger partial charge in [0.25, 0.3) is 0 Å². The van der Waals surface area contributed by atoms with Gasteiger partial charge in [-0.05, 0) is 31.9 Å². The molecule has 0 spiro atoms. The molecule has 5 nitrogen and oxygen atoms in total. The number of aromatic nitrogens is 3. The van der Waals surface area contributed by atoms with Crippen LogP contribution in [0.4, 0.5) is 5.95 Å². The number of nitrogens with zero attached hydrogens (tertiary/aromatic N) is 3. The molecule has 5 heteroatoms. The van der Waals surface area contributed by atoms with Gasteiger partial charge in [0.1, 0.15) is 0 Å². The first-order valence-electron chi connectivity index (χ1n) is 6.98. The van der Waals surface area contributed by atoms with E-state index in [1.54, 1.807) is 0 Å². The highest BCUT2D eigenvalue weighted by molar-refractivity contribution is 5.44. The molecule has 1 saturated carbocycles. The minimum Gasteiger partial charge on any atom is -0.396 e. The van der Waals surface area contributed by atoms with E-state index in [2.05, 4.69) is 15.4 Å². The van der Waals surface area contributed by atoms with E-state index in [0.29, 0.717) is 11.9 Å². The Kier molecular flexibility index (Phi) is 3.38. The van der Waals surface area contributed by atoms with Crippen LogP contribution in [0.2, 0.25) is 0 Å². The zero-order chi connectivity index (χ0) is 13.2. The highest BCUT2D eigenvalue weighted by atomic mass is 16.3. The Balaban J connectivity index is 1.82. The first-order valence-corrected chi connectivity index (χ1v) is 6.98. The summed E-state index contributed by atoms with van der Waals surface area (Å²) < 4.78 is 1.85. The van der Waals surface area contributed by atoms with Crippen LogP contribution >= 0.6 is 0 Å². The fourth-order valence-corrected chi connectivity index (χ4v) is 2.88. The summed E-state index contributed by atoms with van der Waals surface area (Å²) in [6.45, 7) is 2.26. The molecule has 0 bridgehead atoms. The number of hydrogen-bond donors (Lipinski definition) is 2. The lowest BCUT2D eigenvalue weighted by Crippen LogP contribution is -2.34. The summed E-state index contributed by atoms with van der Waals surface area (Å²) in [7, 11) is 0. The third-order valence-corrected chi connectivity index (χ3v) is 4.01. The molecule has 0 radical (unpaired) electrons. The first-order chi connectivity index (χ1) is 9.28. The molecule has 1 fully saturated rings. The molecule has 3 rings (SSSR count). The van der Waals surface area contributed by atoms with E-state index in [1.165, 1.54) is 12.8 Å². The van der Waals surface area contributed by atoms with E-state index < -0.39 is 0 Å². The molecular weight excluding hydrogens is 240 g/mol. The van der Waals surface area contributed by atoms with Crippen LogP contribution in [-0.4, -0.2) is 32.4 Å². The zero-order valence-electron chi connectivity index (χ0n) is 11.2. The van der Waals surface area contributed by atoms with Crippen molar-refractivity contribution in [2.75, 3.05) is 11.9 Å². The van der Waals surface area contributed by atoms with Gasteiger partial charge in [0.05, 0.1) is 0 Å². The molecule has 2 aromatic rings. The second kappa shape index (κ2) is 5.17. The van der Waals surface area contributed by atoms with Crippen LogP contribution in [-0.2, 0) is 0 Å². The number of aliphatic hydroxyl groups is 1. The molecule has 1 aliphatic carbocycles. The van der Waals surface area contributed by atoms with Gasteiger partial charge >= 0.3 is 0 Å². The van der Waals surface area contributed by atoms with Crippen molar-refractivity contribution in [2.24, 2.45) is 5.92 Å². The average molecular weight is 260 g/mol. The Bertz CT molecular complexity index is 566. The van der Waals surface area contributed by atoms with Gasteiger partial charge in [-0.2, -0.15) is 4.98 Å². The number of anilines is 1. The van der Waals surface area contributed by atoms with Crippen LogP contribution in [0.15, 0.2) is 18.2 Å². The van der Waals surface area contributed by atoms with Gasteiger partial charge in [0.2, 0.25) is 5.95 Å². The number of hydrogen-bond acceptors (Lipinski definition) is 4. The van der Waals surface area contributed by atoms with Crippen LogP contribution < -0.4 is 5.32 Å². The summed E-state index contributed by atoms with van der Waals surface area (Å²) in [5.74, 6) is 0.987. The molecule has 102 valence electrons. The molecule has 2 atom stereocenters. The van der Waals surface area contributed by atoms with E-state index in [-0.39, 0.29) is 12.6 Å². The second-order valence-corrected chi connectivity index (χ2v) is 5.35. The summed E-state index contributed by atoms with van der Waals surface area (Å²) in [5.41, 5.74) is 1.93. The maximum Gasteiger partial charge on any atom is 0.243 e. The lowest BCUT2D eigenvalue weighted by molar-refractivity contribution is 0.178. The molecule has 19 heavy (non-hydrogen) atoms. The number of fused-ring (bicyclic) bond motifs is 1. The largest absolute Gasteiger partial charge is 0.396 e. The molecule has 2 N–H and O–H groups in total. The summed E-state index contributed by atoms with van der Waals surface area (Å²) in [6, 6.07) is 6.25. The van der Waals surface area contributed by atoms with Crippen molar-refractivity contribution in [1.82, 2.24) is 14.6 Å². The molecule has 0 amide bonds. The highest BCUT2D eigenvalue weighted by Crippen LogP contribution is 2.26. The van der Waals surface area contributed by atoms with E-state index in [4.69, 9.17) is 0 Å². The van der Waals surface area contributed by atoms with Crippen LogP contribution in [0.25, 0.3) is 5.65 Å². The van der Waals surface area contributed by atoms with E-state index in [9.17, 15) is 5.11 Å². The maximum atomic E-state index is 9.44. The van der Waals surface area contributed by atoms with Crippen LogP contribution in [0.3, 0.4) is 0 Å². The lowest BCUT2D eigenvalue weighted by Gasteiger charge is -2.30. The van der Waals surface area contributed by atoms with Gasteiger partial charge in [0.15, 0.2) is 5.65 Å². The minimum absolute atomic E-state index is 0.240. The molecule has 0 aliphatic heterocycles. The van der Waals surface area contributed by atoms with Gasteiger partial charge < -0.3 is 10.4 Å². The van der Waals surface area contributed by atoms with E-state index in [0.717, 1.165) is 24.2 Å². The SMILES string of the molecule is Cc1cccc2nc(NC3CCCCC3CO)nn12. The number of rotatable bonds is 3. The molecule has 2 unspecified atom stereocenters. The molecule has 2 heterocycles. The predicted octanol–water partition coefficient (Wildman–Crippen LogP) is 2.00. The smallest absolute Gasteiger partial charge is 0.243 e. The third kappa shape index (κ3) is 2.42. The Labute approximate surface area is 112 Å². The topological polar surface area (TPSA) is 62.5 Å². The fraction of sp³-hybridized carbons (Fsp3) is 0.571. The van der Waals surface area contributed by atoms with Crippen LogP contribution in [0.5, 0.6) is 0 Å². The zero-order valence-corrected chi connectivity index (χ0v) is 11.2. The van der Waals surface area contributed by atoms with Gasteiger partial charge in [-0.1, -0.05) is 18.9 Å².